The van der Waals surface area contributed by atoms with Crippen molar-refractivity contribution < 1.29 is 9.47 Å². The van der Waals surface area contributed by atoms with Crippen molar-refractivity contribution >= 4 is 29.9 Å². The number of rotatable bonds is 10. The van der Waals surface area contributed by atoms with Crippen molar-refractivity contribution in [3.63, 3.8) is 0 Å². The van der Waals surface area contributed by atoms with E-state index in [2.05, 4.69) is 41.3 Å². The third kappa shape index (κ3) is 8.91. The Labute approximate surface area is 186 Å². The Kier molecular flexibility index (Phi) is 13.2. The maximum absolute atomic E-state index is 5.81. The van der Waals surface area contributed by atoms with Crippen LogP contribution in [-0.2, 0) is 11.3 Å². The van der Waals surface area contributed by atoms with Gasteiger partial charge in [-0.05, 0) is 26.3 Å². The van der Waals surface area contributed by atoms with E-state index in [9.17, 15) is 0 Å². The number of unbranched alkanes of at least 4 members (excludes halogenated alkanes) is 1. The second-order valence-electron chi connectivity index (χ2n) is 6.74. The molecule has 1 aromatic rings. The topological polar surface area (TPSA) is 71.0 Å². The lowest BCUT2D eigenvalue weighted by Crippen LogP contribution is -2.49. The Morgan fingerprint density at radius 2 is 2.11 bits per heavy atom. The number of guanidine groups is 1. The van der Waals surface area contributed by atoms with Gasteiger partial charge in [-0.25, -0.2) is 9.98 Å². The lowest BCUT2D eigenvalue weighted by atomic mass is 10.2. The zero-order chi connectivity index (χ0) is 19.3. The van der Waals surface area contributed by atoms with Crippen molar-refractivity contribution in [1.29, 1.82) is 0 Å². The standard InChI is InChI=1S/C20H35N5O2.HI/c1-4-6-12-27-19-18(8-7-9-22-19)16-24-20(21-5-2)23-15-17(3)25-10-13-26-14-11-25;/h7-9,17H,4-6,10-16H2,1-3H3,(H2,21,23,24);1H. The molecular formula is C20H36IN5O2. The summed E-state index contributed by atoms with van der Waals surface area (Å²) in [6.07, 6.45) is 3.90. The number of nitrogens with zero attached hydrogens (tertiary/aromatic N) is 3. The average molecular weight is 505 g/mol. The minimum atomic E-state index is 0. The minimum Gasteiger partial charge on any atom is -0.477 e. The number of hydrogen-bond acceptors (Lipinski definition) is 5. The number of pyridine rings is 1. The number of aromatic nitrogens is 1. The first-order valence-electron chi connectivity index (χ1n) is 10.1. The first-order valence-corrected chi connectivity index (χ1v) is 10.1. The van der Waals surface area contributed by atoms with Gasteiger partial charge in [0.1, 0.15) is 0 Å². The molecule has 1 fully saturated rings. The molecule has 1 aromatic heterocycles. The minimum absolute atomic E-state index is 0. The Bertz CT molecular complexity index is 567. The van der Waals surface area contributed by atoms with Gasteiger partial charge in [-0.2, -0.15) is 0 Å². The summed E-state index contributed by atoms with van der Waals surface area (Å²) in [4.78, 5) is 11.5. The highest BCUT2D eigenvalue weighted by atomic mass is 127. The summed E-state index contributed by atoms with van der Waals surface area (Å²) in [6, 6.07) is 4.39. The first kappa shape index (κ1) is 24.9. The Morgan fingerprint density at radius 3 is 2.82 bits per heavy atom. The summed E-state index contributed by atoms with van der Waals surface area (Å²) in [5.74, 6) is 1.51. The summed E-state index contributed by atoms with van der Waals surface area (Å²) in [5, 5.41) is 6.77. The van der Waals surface area contributed by atoms with E-state index >= 15 is 0 Å². The van der Waals surface area contributed by atoms with E-state index in [0.717, 1.165) is 63.8 Å². The van der Waals surface area contributed by atoms with E-state index in [1.54, 1.807) is 6.20 Å². The molecule has 1 saturated heterocycles. The molecule has 160 valence electrons. The zero-order valence-electron chi connectivity index (χ0n) is 17.4. The summed E-state index contributed by atoms with van der Waals surface area (Å²) < 4.78 is 11.2. The predicted octanol–water partition coefficient (Wildman–Crippen LogP) is 2.65. The fraction of sp³-hybridized carbons (Fsp3) is 0.700. The highest BCUT2D eigenvalue weighted by Gasteiger charge is 2.17. The van der Waals surface area contributed by atoms with Crippen LogP contribution >= 0.6 is 24.0 Å². The summed E-state index contributed by atoms with van der Waals surface area (Å²) >= 11 is 0. The van der Waals surface area contributed by atoms with Gasteiger partial charge in [0.2, 0.25) is 5.88 Å². The largest absolute Gasteiger partial charge is 0.477 e. The van der Waals surface area contributed by atoms with E-state index < -0.39 is 0 Å². The molecule has 0 spiro atoms. The van der Waals surface area contributed by atoms with Crippen LogP contribution in [0.1, 0.15) is 39.2 Å². The highest BCUT2D eigenvalue weighted by Crippen LogP contribution is 2.15. The van der Waals surface area contributed by atoms with Gasteiger partial charge < -0.3 is 20.1 Å². The normalized spacial score (nSPS) is 16.2. The molecule has 1 atom stereocenters. The molecule has 1 unspecified atom stereocenters. The molecule has 2 N–H and O–H groups in total. The van der Waals surface area contributed by atoms with Crippen molar-refractivity contribution in [3.05, 3.63) is 23.9 Å². The summed E-state index contributed by atoms with van der Waals surface area (Å²) in [5.41, 5.74) is 1.01. The van der Waals surface area contributed by atoms with Crippen molar-refractivity contribution in [2.24, 2.45) is 4.99 Å². The quantitative estimate of drug-likeness (QED) is 0.221. The second-order valence-corrected chi connectivity index (χ2v) is 6.74. The smallest absolute Gasteiger partial charge is 0.218 e. The molecule has 0 amide bonds. The third-order valence-electron chi connectivity index (χ3n) is 4.57. The van der Waals surface area contributed by atoms with Crippen molar-refractivity contribution in [2.45, 2.75) is 46.2 Å². The molecule has 8 heteroatoms. The van der Waals surface area contributed by atoms with Crippen LogP contribution in [0.3, 0.4) is 0 Å². The van der Waals surface area contributed by atoms with Crippen LogP contribution in [0.2, 0.25) is 0 Å². The van der Waals surface area contributed by atoms with Gasteiger partial charge >= 0.3 is 0 Å². The first-order chi connectivity index (χ1) is 13.2. The Morgan fingerprint density at radius 1 is 1.32 bits per heavy atom. The monoisotopic (exact) mass is 505 g/mol. The van der Waals surface area contributed by atoms with Gasteiger partial charge in [0.15, 0.2) is 5.96 Å². The number of morpholine rings is 1. The third-order valence-corrected chi connectivity index (χ3v) is 4.57. The molecule has 0 aromatic carbocycles. The van der Waals surface area contributed by atoms with E-state index in [-0.39, 0.29) is 24.0 Å². The number of halogens is 1. The van der Waals surface area contributed by atoms with E-state index in [1.165, 1.54) is 0 Å². The van der Waals surface area contributed by atoms with Crippen LogP contribution in [0, 0.1) is 0 Å². The molecular weight excluding hydrogens is 469 g/mol. The predicted molar refractivity (Wildman–Crippen MR) is 125 cm³/mol. The van der Waals surface area contributed by atoms with Crippen LogP contribution in [0.15, 0.2) is 23.3 Å². The fourth-order valence-electron chi connectivity index (χ4n) is 2.89. The maximum atomic E-state index is 5.81. The Hall–Kier alpha value is -1.13. The number of aliphatic imine (C=N–C) groups is 1. The van der Waals surface area contributed by atoms with Gasteiger partial charge in [-0.15, -0.1) is 24.0 Å². The fourth-order valence-corrected chi connectivity index (χ4v) is 2.89. The molecule has 7 nitrogen and oxygen atoms in total. The molecule has 0 bridgehead atoms. The highest BCUT2D eigenvalue weighted by molar-refractivity contribution is 14.0. The lowest BCUT2D eigenvalue weighted by molar-refractivity contribution is 0.0211. The van der Waals surface area contributed by atoms with E-state index in [1.807, 2.05) is 12.1 Å². The van der Waals surface area contributed by atoms with Crippen LogP contribution in [-0.4, -0.2) is 67.9 Å². The molecule has 2 heterocycles. The van der Waals surface area contributed by atoms with Crippen molar-refractivity contribution in [1.82, 2.24) is 20.5 Å². The van der Waals surface area contributed by atoms with E-state index in [4.69, 9.17) is 14.5 Å². The maximum Gasteiger partial charge on any atom is 0.218 e. The molecule has 0 aliphatic carbocycles. The summed E-state index contributed by atoms with van der Waals surface area (Å²) in [7, 11) is 0. The van der Waals surface area contributed by atoms with Crippen molar-refractivity contribution in [3.8, 4) is 5.88 Å². The second kappa shape index (κ2) is 14.8. The molecule has 0 radical (unpaired) electrons. The number of hydrogen-bond donors (Lipinski definition) is 2. The lowest BCUT2D eigenvalue weighted by Gasteiger charge is -2.32. The molecule has 1 aliphatic rings. The molecule has 28 heavy (non-hydrogen) atoms. The molecule has 1 aliphatic heterocycles. The van der Waals surface area contributed by atoms with Crippen LogP contribution in [0.5, 0.6) is 5.88 Å². The van der Waals surface area contributed by atoms with Gasteiger partial charge in [-0.3, -0.25) is 4.90 Å². The van der Waals surface area contributed by atoms with Gasteiger partial charge in [0.25, 0.3) is 0 Å². The average Bonchev–Trinajstić information content (AvgIpc) is 2.71. The number of ether oxygens (including phenoxy) is 2. The SMILES string of the molecule is CCCCOc1ncccc1CN=C(NCC)NCC(C)N1CCOCC1.I. The van der Waals surface area contributed by atoms with Crippen LogP contribution < -0.4 is 15.4 Å². The summed E-state index contributed by atoms with van der Waals surface area (Å²) in [6.45, 7) is 13.0. The van der Waals surface area contributed by atoms with Gasteiger partial charge in [-0.1, -0.05) is 19.4 Å². The van der Waals surface area contributed by atoms with Crippen molar-refractivity contribution in [2.75, 3.05) is 46.0 Å². The zero-order valence-corrected chi connectivity index (χ0v) is 19.8. The van der Waals surface area contributed by atoms with E-state index in [0.29, 0.717) is 25.1 Å². The molecule has 0 saturated carbocycles. The molecule has 2 rings (SSSR count). The van der Waals surface area contributed by atoms with Gasteiger partial charge in [0, 0.05) is 44.0 Å². The Balaban J connectivity index is 0.00000392. The van der Waals surface area contributed by atoms with Crippen LogP contribution in [0.25, 0.3) is 0 Å². The number of nitrogens with one attached hydrogen (secondary N) is 2. The van der Waals surface area contributed by atoms with Gasteiger partial charge in [0.05, 0.1) is 26.4 Å². The van der Waals surface area contributed by atoms with Crippen LogP contribution in [0.4, 0.5) is 0 Å².